The van der Waals surface area contributed by atoms with E-state index in [9.17, 15) is 9.18 Å². The maximum atomic E-state index is 14.1. The number of allylic oxidation sites excluding steroid dienone is 1. The molecular weight excluding hydrogens is 425 g/mol. The first-order valence-corrected chi connectivity index (χ1v) is 10.5. The quantitative estimate of drug-likeness (QED) is 0.523. The number of methoxy groups -OCH3 is 2. The molecule has 2 heterocycles. The van der Waals surface area contributed by atoms with Crippen LogP contribution >= 0.6 is 0 Å². The average Bonchev–Trinajstić information content (AvgIpc) is 3.16. The van der Waals surface area contributed by atoms with E-state index in [1.165, 1.54) is 12.1 Å². The van der Waals surface area contributed by atoms with Gasteiger partial charge >= 0.3 is 0 Å². The van der Waals surface area contributed by atoms with E-state index in [2.05, 4.69) is 4.90 Å². The summed E-state index contributed by atoms with van der Waals surface area (Å²) in [5.74, 6) is 1.89. The Bertz CT molecular complexity index is 1270. The van der Waals surface area contributed by atoms with Crippen LogP contribution in [0.4, 0.5) is 4.39 Å². The third kappa shape index (κ3) is 3.91. The van der Waals surface area contributed by atoms with E-state index in [-0.39, 0.29) is 11.5 Å². The average molecular weight is 447 g/mol. The van der Waals surface area contributed by atoms with Crippen LogP contribution in [0.25, 0.3) is 6.08 Å². The summed E-state index contributed by atoms with van der Waals surface area (Å²) in [7, 11) is 3.20. The first kappa shape index (κ1) is 21.0. The molecule has 0 bridgehead atoms. The molecule has 0 aromatic heterocycles. The molecular formula is C26H22FNO5. The molecule has 6 nitrogen and oxygen atoms in total. The Hall–Kier alpha value is -3.84. The topological polar surface area (TPSA) is 57.2 Å². The van der Waals surface area contributed by atoms with Gasteiger partial charge in [0.1, 0.15) is 24.0 Å². The summed E-state index contributed by atoms with van der Waals surface area (Å²) >= 11 is 0. The van der Waals surface area contributed by atoms with Gasteiger partial charge in [-0.15, -0.1) is 0 Å². The molecule has 0 atom stereocenters. The standard InChI is InChI=1S/C26H22FNO5/c1-30-22-9-7-16(11-23(22)31-2)13-28-14-19-21(32-15-28)10-8-18-25(29)24(33-26(18)19)12-17-5-3-4-6-20(17)27/h3-12H,13-15H2,1-2H3/b24-12-. The molecule has 0 unspecified atom stereocenters. The monoisotopic (exact) mass is 447 g/mol. The van der Waals surface area contributed by atoms with Gasteiger partial charge in [0.25, 0.3) is 0 Å². The lowest BCUT2D eigenvalue weighted by Crippen LogP contribution is -2.31. The summed E-state index contributed by atoms with van der Waals surface area (Å²) in [6.45, 7) is 1.54. The second-order valence-corrected chi connectivity index (χ2v) is 7.83. The van der Waals surface area contributed by atoms with Gasteiger partial charge < -0.3 is 18.9 Å². The van der Waals surface area contributed by atoms with Gasteiger partial charge in [-0.25, -0.2) is 4.39 Å². The third-order valence-electron chi connectivity index (χ3n) is 5.73. The number of halogens is 1. The number of nitrogens with zero attached hydrogens (tertiary/aromatic N) is 1. The fourth-order valence-electron chi connectivity index (χ4n) is 4.08. The van der Waals surface area contributed by atoms with Crippen LogP contribution in [0.5, 0.6) is 23.0 Å². The summed E-state index contributed by atoms with van der Waals surface area (Å²) < 4.78 is 36.7. The summed E-state index contributed by atoms with van der Waals surface area (Å²) in [6, 6.07) is 15.5. The van der Waals surface area contributed by atoms with E-state index in [0.717, 1.165) is 11.1 Å². The molecule has 0 radical (unpaired) electrons. The van der Waals surface area contributed by atoms with Gasteiger partial charge in [0.15, 0.2) is 17.3 Å². The number of carbonyl (C=O) groups is 1. The fraction of sp³-hybridized carbons (Fsp3) is 0.192. The van der Waals surface area contributed by atoms with Crippen molar-refractivity contribution in [3.05, 3.63) is 88.4 Å². The number of hydrogen-bond acceptors (Lipinski definition) is 6. The van der Waals surface area contributed by atoms with Crippen molar-refractivity contribution < 1.29 is 28.1 Å². The number of hydrogen-bond donors (Lipinski definition) is 0. The van der Waals surface area contributed by atoms with Crippen LogP contribution in [0.3, 0.4) is 0 Å². The van der Waals surface area contributed by atoms with Crippen LogP contribution < -0.4 is 18.9 Å². The van der Waals surface area contributed by atoms with Crippen LogP contribution in [-0.4, -0.2) is 31.6 Å². The van der Waals surface area contributed by atoms with Crippen molar-refractivity contribution in [3.8, 4) is 23.0 Å². The predicted octanol–water partition coefficient (Wildman–Crippen LogP) is 4.81. The molecule has 5 rings (SSSR count). The lowest BCUT2D eigenvalue weighted by molar-refractivity contribution is 0.0872. The highest BCUT2D eigenvalue weighted by Gasteiger charge is 2.33. The smallest absolute Gasteiger partial charge is 0.231 e. The van der Waals surface area contributed by atoms with Gasteiger partial charge in [-0.2, -0.15) is 0 Å². The zero-order valence-corrected chi connectivity index (χ0v) is 18.3. The molecule has 0 fully saturated rings. The number of fused-ring (bicyclic) bond motifs is 3. The number of benzene rings is 3. The minimum atomic E-state index is -0.413. The Morgan fingerprint density at radius 3 is 2.67 bits per heavy atom. The number of ketones is 1. The van der Waals surface area contributed by atoms with Crippen molar-refractivity contribution in [3.63, 3.8) is 0 Å². The highest BCUT2D eigenvalue weighted by atomic mass is 19.1. The Morgan fingerprint density at radius 2 is 1.88 bits per heavy atom. The molecule has 2 aliphatic heterocycles. The van der Waals surface area contributed by atoms with Gasteiger partial charge in [-0.3, -0.25) is 9.69 Å². The van der Waals surface area contributed by atoms with Crippen molar-refractivity contribution >= 4 is 11.9 Å². The molecule has 168 valence electrons. The molecule has 7 heteroatoms. The van der Waals surface area contributed by atoms with Gasteiger partial charge in [-0.05, 0) is 42.0 Å². The minimum Gasteiger partial charge on any atom is -0.493 e. The Balaban J connectivity index is 1.40. The molecule has 0 amide bonds. The maximum Gasteiger partial charge on any atom is 0.231 e. The normalized spacial score (nSPS) is 16.1. The SMILES string of the molecule is COc1ccc(CN2COc3ccc4c(c3C2)O/C(=C\c2ccccc2F)C4=O)cc1OC. The Kier molecular flexibility index (Phi) is 5.48. The summed E-state index contributed by atoms with van der Waals surface area (Å²) in [4.78, 5) is 15.0. The minimum absolute atomic E-state index is 0.0977. The Morgan fingerprint density at radius 1 is 1.06 bits per heavy atom. The molecule has 3 aromatic rings. The highest BCUT2D eigenvalue weighted by Crippen LogP contribution is 2.42. The molecule has 33 heavy (non-hydrogen) atoms. The summed E-state index contributed by atoms with van der Waals surface area (Å²) in [6.07, 6.45) is 1.44. The number of Topliss-reactive ketones (excluding diaryl/α,β-unsaturated/α-hetero) is 1. The molecule has 0 spiro atoms. The molecule has 0 saturated heterocycles. The Labute approximate surface area is 190 Å². The van der Waals surface area contributed by atoms with E-state index < -0.39 is 5.82 Å². The lowest BCUT2D eigenvalue weighted by atomic mass is 10.0. The second-order valence-electron chi connectivity index (χ2n) is 7.83. The van der Waals surface area contributed by atoms with Crippen LogP contribution in [0.15, 0.2) is 60.4 Å². The van der Waals surface area contributed by atoms with Crippen LogP contribution in [0, 0.1) is 5.82 Å². The number of carbonyl (C=O) groups excluding carboxylic acids is 1. The van der Waals surface area contributed by atoms with Gasteiger partial charge in [0.2, 0.25) is 5.78 Å². The van der Waals surface area contributed by atoms with Gasteiger partial charge in [0, 0.05) is 18.7 Å². The number of ether oxygens (including phenoxy) is 4. The predicted molar refractivity (Wildman–Crippen MR) is 120 cm³/mol. The van der Waals surface area contributed by atoms with Crippen LogP contribution in [0.1, 0.15) is 27.0 Å². The summed E-state index contributed by atoms with van der Waals surface area (Å²) in [5, 5.41) is 0. The van der Waals surface area contributed by atoms with Crippen molar-refractivity contribution in [2.24, 2.45) is 0 Å². The third-order valence-corrected chi connectivity index (χ3v) is 5.73. The lowest BCUT2D eigenvalue weighted by Gasteiger charge is -2.29. The molecule has 0 saturated carbocycles. The highest BCUT2D eigenvalue weighted by molar-refractivity contribution is 6.15. The molecule has 0 aliphatic carbocycles. The van der Waals surface area contributed by atoms with E-state index >= 15 is 0 Å². The molecule has 0 N–H and O–H groups in total. The largest absolute Gasteiger partial charge is 0.493 e. The fourth-order valence-corrected chi connectivity index (χ4v) is 4.08. The van der Waals surface area contributed by atoms with E-state index in [4.69, 9.17) is 18.9 Å². The van der Waals surface area contributed by atoms with Crippen molar-refractivity contribution in [1.82, 2.24) is 4.90 Å². The first-order chi connectivity index (χ1) is 16.1. The number of rotatable bonds is 5. The van der Waals surface area contributed by atoms with E-state index in [0.29, 0.717) is 53.9 Å². The maximum absolute atomic E-state index is 14.1. The zero-order chi connectivity index (χ0) is 22.9. The first-order valence-electron chi connectivity index (χ1n) is 10.5. The van der Waals surface area contributed by atoms with Crippen molar-refractivity contribution in [2.45, 2.75) is 13.1 Å². The van der Waals surface area contributed by atoms with Crippen molar-refractivity contribution in [2.75, 3.05) is 21.0 Å². The molecule has 3 aromatic carbocycles. The zero-order valence-electron chi connectivity index (χ0n) is 18.3. The summed E-state index contributed by atoms with van der Waals surface area (Å²) in [5.41, 5.74) is 2.58. The van der Waals surface area contributed by atoms with Crippen molar-refractivity contribution in [1.29, 1.82) is 0 Å². The van der Waals surface area contributed by atoms with Gasteiger partial charge in [0.05, 0.1) is 25.3 Å². The van der Waals surface area contributed by atoms with E-state index in [1.54, 1.807) is 44.6 Å². The van der Waals surface area contributed by atoms with Gasteiger partial charge in [-0.1, -0.05) is 24.3 Å². The van der Waals surface area contributed by atoms with Crippen LogP contribution in [0.2, 0.25) is 0 Å². The van der Waals surface area contributed by atoms with Crippen LogP contribution in [-0.2, 0) is 13.1 Å². The molecule has 2 aliphatic rings. The van der Waals surface area contributed by atoms with E-state index in [1.807, 2.05) is 18.2 Å². The second kappa shape index (κ2) is 8.60.